The van der Waals surface area contributed by atoms with Gasteiger partial charge in [0.05, 0.1) is 17.0 Å². The molecule has 0 radical (unpaired) electrons. The van der Waals surface area contributed by atoms with Crippen molar-refractivity contribution in [1.82, 2.24) is 25.3 Å². The molecule has 0 aliphatic carbocycles. The molecule has 4 aromatic rings. The summed E-state index contributed by atoms with van der Waals surface area (Å²) in [6, 6.07) is 5.66. The lowest BCUT2D eigenvalue weighted by Gasteiger charge is -2.24. The number of anilines is 2. The molecule has 2 fully saturated rings. The fourth-order valence-electron chi connectivity index (χ4n) is 4.72. The maximum absolute atomic E-state index is 13.3. The van der Waals surface area contributed by atoms with Crippen LogP contribution in [0.1, 0.15) is 53.0 Å². The van der Waals surface area contributed by atoms with E-state index in [0.29, 0.717) is 23.8 Å². The van der Waals surface area contributed by atoms with Gasteiger partial charge in [-0.25, -0.2) is 15.0 Å². The number of morpholine rings is 1. The van der Waals surface area contributed by atoms with Gasteiger partial charge in [-0.3, -0.25) is 9.78 Å². The summed E-state index contributed by atoms with van der Waals surface area (Å²) in [5, 5.41) is 7.31. The predicted molar refractivity (Wildman–Crippen MR) is 142 cm³/mol. The summed E-state index contributed by atoms with van der Waals surface area (Å²) in [6.07, 6.45) is 7.58. The van der Waals surface area contributed by atoms with Crippen LogP contribution in [-0.2, 0) is 4.74 Å². The number of carbonyl (C=O) groups is 1. The minimum atomic E-state index is -0.345. The molecule has 6 heterocycles. The minimum absolute atomic E-state index is 0.0852. The van der Waals surface area contributed by atoms with E-state index < -0.39 is 0 Å². The Morgan fingerprint density at radius 2 is 2.03 bits per heavy atom. The van der Waals surface area contributed by atoms with Gasteiger partial charge in [0.1, 0.15) is 17.4 Å². The van der Waals surface area contributed by atoms with E-state index >= 15 is 0 Å². The average molecular weight is 520 g/mol. The van der Waals surface area contributed by atoms with Crippen LogP contribution >= 0.6 is 11.3 Å². The molecule has 0 saturated carbocycles. The Morgan fingerprint density at radius 1 is 1.16 bits per heavy atom. The third-order valence-electron chi connectivity index (χ3n) is 6.62. The maximum Gasteiger partial charge on any atom is 0.277 e. The first-order chi connectivity index (χ1) is 18.1. The van der Waals surface area contributed by atoms with E-state index in [4.69, 9.17) is 19.1 Å². The predicted octanol–water partition coefficient (Wildman–Crippen LogP) is 4.34. The van der Waals surface area contributed by atoms with Crippen molar-refractivity contribution in [2.45, 2.75) is 38.7 Å². The Morgan fingerprint density at radius 3 is 2.81 bits per heavy atom. The molecule has 2 N–H and O–H groups in total. The topological polar surface area (TPSA) is 118 Å². The van der Waals surface area contributed by atoms with Crippen molar-refractivity contribution >= 4 is 39.1 Å². The number of carbonyl (C=O) groups excluding carboxylic acids is 1. The third kappa shape index (κ3) is 5.20. The second-order valence-electron chi connectivity index (χ2n) is 9.38. The Bertz CT molecular complexity index is 1400. The molecule has 192 valence electrons. The first-order valence-corrected chi connectivity index (χ1v) is 13.5. The molecule has 10 nitrogen and oxygen atoms in total. The molecule has 37 heavy (non-hydrogen) atoms. The number of nitrogens with zero attached hydrogens (tertiary/aromatic N) is 5. The number of ether oxygens (including phenoxy) is 1. The quantitative estimate of drug-likeness (QED) is 0.397. The number of amides is 1. The lowest BCUT2D eigenvalue weighted by atomic mass is 10.2. The largest absolute Gasteiger partial charge is 0.444 e. The number of hydrogen-bond donors (Lipinski definition) is 2. The second kappa shape index (κ2) is 10.5. The van der Waals surface area contributed by atoms with Gasteiger partial charge in [-0.15, -0.1) is 11.3 Å². The number of aryl methyl sites for hydroxylation is 1. The van der Waals surface area contributed by atoms with Crippen molar-refractivity contribution in [2.75, 3.05) is 43.0 Å². The van der Waals surface area contributed by atoms with Crippen LogP contribution < -0.4 is 15.5 Å². The summed E-state index contributed by atoms with van der Waals surface area (Å²) in [4.78, 5) is 33.9. The van der Waals surface area contributed by atoms with Crippen LogP contribution in [0.3, 0.4) is 0 Å². The number of nitrogens with one attached hydrogen (secondary N) is 2. The van der Waals surface area contributed by atoms with Crippen LogP contribution in [0.5, 0.6) is 0 Å². The molecule has 1 atom stereocenters. The smallest absolute Gasteiger partial charge is 0.277 e. The van der Waals surface area contributed by atoms with Crippen LogP contribution in [0.15, 0.2) is 35.1 Å². The van der Waals surface area contributed by atoms with Gasteiger partial charge in [-0.05, 0) is 38.0 Å². The number of fused-ring (bicyclic) bond motifs is 1. The summed E-state index contributed by atoms with van der Waals surface area (Å²) >= 11 is 1.55. The van der Waals surface area contributed by atoms with E-state index in [0.717, 1.165) is 65.8 Å². The number of rotatable bonds is 5. The van der Waals surface area contributed by atoms with Crippen LogP contribution in [0.25, 0.3) is 21.8 Å². The normalized spacial score (nSPS) is 18.6. The number of oxazole rings is 1. The fraction of sp³-hybridized carbons (Fsp3) is 0.423. The molecule has 2 aliphatic rings. The number of pyridine rings is 2. The van der Waals surface area contributed by atoms with Crippen LogP contribution in [0.4, 0.5) is 11.5 Å². The van der Waals surface area contributed by atoms with E-state index in [1.54, 1.807) is 17.5 Å². The minimum Gasteiger partial charge on any atom is -0.444 e. The standard InChI is InChI=1S/C26H29N7O3S/c1-16-12-17(6-7-28-16)25-30-19(15-36-25)24(34)29-18-13-21-22(31-23(18)33-9-4-2-3-5-10-33)32-26(37-21)20-14-27-8-11-35-20/h6-7,12-13,15,20,27H,2-5,8-11,14H2,1H3,(H,29,34). The lowest BCUT2D eigenvalue weighted by molar-refractivity contribution is 0.0276. The van der Waals surface area contributed by atoms with Crippen LogP contribution in [0, 0.1) is 6.92 Å². The number of hydrogen-bond acceptors (Lipinski definition) is 10. The van der Waals surface area contributed by atoms with Crippen molar-refractivity contribution < 1.29 is 13.9 Å². The second-order valence-corrected chi connectivity index (χ2v) is 10.4. The van der Waals surface area contributed by atoms with Gasteiger partial charge in [0.15, 0.2) is 17.2 Å². The highest BCUT2D eigenvalue weighted by Crippen LogP contribution is 2.35. The summed E-state index contributed by atoms with van der Waals surface area (Å²) in [6.45, 7) is 5.92. The molecule has 2 aliphatic heterocycles. The SMILES string of the molecule is Cc1cc(-c2nc(C(=O)Nc3cc4sc(C5CNCCO5)nc4nc3N3CCCCCC3)co2)ccn1. The summed E-state index contributed by atoms with van der Waals surface area (Å²) in [7, 11) is 0. The van der Waals surface area contributed by atoms with E-state index in [2.05, 4.69) is 25.5 Å². The van der Waals surface area contributed by atoms with Gasteiger partial charge in [0.2, 0.25) is 5.89 Å². The monoisotopic (exact) mass is 519 g/mol. The molecule has 1 amide bonds. The van der Waals surface area contributed by atoms with Crippen LogP contribution in [0.2, 0.25) is 0 Å². The van der Waals surface area contributed by atoms with Crippen LogP contribution in [-0.4, -0.2) is 58.6 Å². The van der Waals surface area contributed by atoms with Crippen molar-refractivity contribution in [2.24, 2.45) is 0 Å². The fourth-order valence-corrected chi connectivity index (χ4v) is 5.72. The van der Waals surface area contributed by atoms with Gasteiger partial charge in [-0.2, -0.15) is 0 Å². The van der Waals surface area contributed by atoms with E-state index in [1.807, 2.05) is 25.1 Å². The molecule has 0 spiro atoms. The van der Waals surface area contributed by atoms with E-state index in [9.17, 15) is 4.79 Å². The highest BCUT2D eigenvalue weighted by Gasteiger charge is 2.24. The van der Waals surface area contributed by atoms with Crippen molar-refractivity contribution in [3.8, 4) is 11.5 Å². The average Bonchev–Trinajstić information content (AvgIpc) is 3.49. The Hall–Kier alpha value is -3.41. The van der Waals surface area contributed by atoms with E-state index in [-0.39, 0.29) is 17.7 Å². The molecule has 11 heteroatoms. The Labute approximate surface area is 218 Å². The first-order valence-electron chi connectivity index (χ1n) is 12.7. The maximum atomic E-state index is 13.3. The molecular formula is C26H29N7O3S. The number of aromatic nitrogens is 4. The number of thiazole rings is 1. The van der Waals surface area contributed by atoms with Gasteiger partial charge in [0, 0.05) is 43.6 Å². The highest BCUT2D eigenvalue weighted by molar-refractivity contribution is 7.18. The molecule has 6 rings (SSSR count). The zero-order valence-electron chi connectivity index (χ0n) is 20.7. The summed E-state index contributed by atoms with van der Waals surface area (Å²) in [5.41, 5.74) is 3.17. The molecular weight excluding hydrogens is 490 g/mol. The summed E-state index contributed by atoms with van der Waals surface area (Å²) < 4.78 is 12.4. The molecule has 0 bridgehead atoms. The van der Waals surface area contributed by atoms with Gasteiger partial charge in [0.25, 0.3) is 5.91 Å². The lowest BCUT2D eigenvalue weighted by Crippen LogP contribution is -2.33. The third-order valence-corrected chi connectivity index (χ3v) is 7.70. The summed E-state index contributed by atoms with van der Waals surface area (Å²) in [5.74, 6) is 0.781. The highest BCUT2D eigenvalue weighted by atomic mass is 32.1. The van der Waals surface area contributed by atoms with Gasteiger partial charge >= 0.3 is 0 Å². The van der Waals surface area contributed by atoms with Crippen molar-refractivity contribution in [3.63, 3.8) is 0 Å². The van der Waals surface area contributed by atoms with Crippen molar-refractivity contribution in [3.05, 3.63) is 47.1 Å². The molecule has 2 saturated heterocycles. The van der Waals surface area contributed by atoms with Crippen molar-refractivity contribution in [1.29, 1.82) is 0 Å². The zero-order valence-corrected chi connectivity index (χ0v) is 21.5. The van der Waals surface area contributed by atoms with Gasteiger partial charge < -0.3 is 24.7 Å². The molecule has 0 aromatic carbocycles. The first kappa shape index (κ1) is 24.0. The molecule has 4 aromatic heterocycles. The van der Waals surface area contributed by atoms with E-state index in [1.165, 1.54) is 19.1 Å². The van der Waals surface area contributed by atoms with Gasteiger partial charge in [-0.1, -0.05) is 12.8 Å². The zero-order chi connectivity index (χ0) is 25.2. The Balaban J connectivity index is 1.32. The molecule has 1 unspecified atom stereocenters. The Kier molecular flexibility index (Phi) is 6.81.